The van der Waals surface area contributed by atoms with Crippen LogP contribution in [0.25, 0.3) is 10.8 Å². The summed E-state index contributed by atoms with van der Waals surface area (Å²) in [6.07, 6.45) is 0.291. The van der Waals surface area contributed by atoms with E-state index in [4.69, 9.17) is 0 Å². The van der Waals surface area contributed by atoms with Crippen molar-refractivity contribution in [1.29, 1.82) is 0 Å². The number of nitrogens with zero attached hydrogens (tertiary/aromatic N) is 1. The number of rotatable bonds is 6. The second kappa shape index (κ2) is 8.49. The zero-order valence-electron chi connectivity index (χ0n) is 15.7. The maximum Gasteiger partial charge on any atom is 0.253 e. The van der Waals surface area contributed by atoms with E-state index in [0.717, 1.165) is 16.3 Å². The first-order valence-corrected chi connectivity index (χ1v) is 9.27. The molecule has 27 heavy (non-hydrogen) atoms. The number of benzene rings is 3. The standard InChI is InChI=1S/C23H24N2O2/c1-3-25(4-2)23(27)20-10-7-11-21(16-20)24-22(26)15-17-12-13-18-8-5-6-9-19(18)14-17/h5-14,16H,3-4,15H2,1-2H3,(H,24,26). The topological polar surface area (TPSA) is 49.4 Å². The van der Waals surface area contributed by atoms with Crippen molar-refractivity contribution >= 4 is 28.3 Å². The minimum absolute atomic E-state index is 0.0226. The molecule has 1 N–H and O–H groups in total. The molecule has 0 aliphatic carbocycles. The van der Waals surface area contributed by atoms with Gasteiger partial charge < -0.3 is 10.2 Å². The maximum absolute atomic E-state index is 12.5. The van der Waals surface area contributed by atoms with Crippen LogP contribution < -0.4 is 5.32 Å². The van der Waals surface area contributed by atoms with Gasteiger partial charge in [-0.3, -0.25) is 9.59 Å². The van der Waals surface area contributed by atoms with E-state index in [1.807, 2.05) is 50.2 Å². The molecular weight excluding hydrogens is 336 g/mol. The monoisotopic (exact) mass is 360 g/mol. The predicted molar refractivity (Wildman–Crippen MR) is 110 cm³/mol. The average molecular weight is 360 g/mol. The number of anilines is 1. The fourth-order valence-corrected chi connectivity index (χ4v) is 3.16. The fraction of sp³-hybridized carbons (Fsp3) is 0.217. The van der Waals surface area contributed by atoms with Gasteiger partial charge in [0.2, 0.25) is 5.91 Å². The molecule has 3 rings (SSSR count). The summed E-state index contributed by atoms with van der Waals surface area (Å²) in [6, 6.07) is 21.2. The third-order valence-corrected chi connectivity index (χ3v) is 4.62. The highest BCUT2D eigenvalue weighted by Crippen LogP contribution is 2.17. The summed E-state index contributed by atoms with van der Waals surface area (Å²) in [6.45, 7) is 5.23. The molecule has 0 unspecified atom stereocenters. The molecule has 0 bridgehead atoms. The van der Waals surface area contributed by atoms with Crippen LogP contribution in [0.15, 0.2) is 66.7 Å². The van der Waals surface area contributed by atoms with Gasteiger partial charge in [-0.2, -0.15) is 0 Å². The van der Waals surface area contributed by atoms with Gasteiger partial charge in [0, 0.05) is 24.3 Å². The van der Waals surface area contributed by atoms with Gasteiger partial charge in [-0.05, 0) is 48.4 Å². The number of fused-ring (bicyclic) bond motifs is 1. The van der Waals surface area contributed by atoms with Crippen LogP contribution in [0, 0.1) is 0 Å². The average Bonchev–Trinajstić information content (AvgIpc) is 2.69. The summed E-state index contributed by atoms with van der Waals surface area (Å²) in [4.78, 5) is 26.7. The van der Waals surface area contributed by atoms with Gasteiger partial charge in [0.05, 0.1) is 6.42 Å². The van der Waals surface area contributed by atoms with E-state index in [9.17, 15) is 9.59 Å². The molecule has 0 aliphatic heterocycles. The molecule has 0 heterocycles. The molecule has 0 saturated carbocycles. The molecular formula is C23H24N2O2. The fourth-order valence-electron chi connectivity index (χ4n) is 3.16. The van der Waals surface area contributed by atoms with Gasteiger partial charge in [-0.15, -0.1) is 0 Å². The highest BCUT2D eigenvalue weighted by Gasteiger charge is 2.13. The molecule has 3 aromatic rings. The van der Waals surface area contributed by atoms with E-state index in [1.54, 1.807) is 29.2 Å². The summed E-state index contributed by atoms with van der Waals surface area (Å²) in [5.74, 6) is -0.122. The first-order valence-electron chi connectivity index (χ1n) is 9.27. The van der Waals surface area contributed by atoms with Crippen molar-refractivity contribution in [2.75, 3.05) is 18.4 Å². The Morgan fingerprint density at radius 2 is 1.59 bits per heavy atom. The molecule has 138 valence electrons. The normalized spacial score (nSPS) is 10.6. The number of hydrogen-bond acceptors (Lipinski definition) is 2. The van der Waals surface area contributed by atoms with Crippen molar-refractivity contribution < 1.29 is 9.59 Å². The third-order valence-electron chi connectivity index (χ3n) is 4.62. The highest BCUT2D eigenvalue weighted by molar-refractivity contribution is 5.97. The second-order valence-electron chi connectivity index (χ2n) is 6.46. The summed E-state index contributed by atoms with van der Waals surface area (Å²) < 4.78 is 0. The SMILES string of the molecule is CCN(CC)C(=O)c1cccc(NC(=O)Cc2ccc3ccccc3c2)c1. The molecule has 0 saturated heterocycles. The molecule has 3 aromatic carbocycles. The second-order valence-corrected chi connectivity index (χ2v) is 6.46. The molecule has 0 spiro atoms. The zero-order chi connectivity index (χ0) is 19.2. The van der Waals surface area contributed by atoms with Crippen LogP contribution in [-0.4, -0.2) is 29.8 Å². The first kappa shape index (κ1) is 18.6. The number of carbonyl (C=O) groups is 2. The predicted octanol–water partition coefficient (Wildman–Crippen LogP) is 4.50. The quantitative estimate of drug-likeness (QED) is 0.703. The van der Waals surface area contributed by atoms with Crippen molar-refractivity contribution in [2.45, 2.75) is 20.3 Å². The number of amides is 2. The van der Waals surface area contributed by atoms with E-state index < -0.39 is 0 Å². The molecule has 4 nitrogen and oxygen atoms in total. The largest absolute Gasteiger partial charge is 0.339 e. The van der Waals surface area contributed by atoms with Gasteiger partial charge in [0.1, 0.15) is 0 Å². The van der Waals surface area contributed by atoms with Gasteiger partial charge >= 0.3 is 0 Å². The minimum atomic E-state index is -0.0993. The maximum atomic E-state index is 12.5. The third kappa shape index (κ3) is 4.53. The molecule has 4 heteroatoms. The van der Waals surface area contributed by atoms with Crippen molar-refractivity contribution in [1.82, 2.24) is 4.90 Å². The lowest BCUT2D eigenvalue weighted by Gasteiger charge is -2.19. The summed E-state index contributed by atoms with van der Waals surface area (Å²) in [7, 11) is 0. The zero-order valence-corrected chi connectivity index (χ0v) is 15.7. The number of nitrogens with one attached hydrogen (secondary N) is 1. The smallest absolute Gasteiger partial charge is 0.253 e. The van der Waals surface area contributed by atoms with Crippen molar-refractivity contribution in [3.05, 3.63) is 77.9 Å². The van der Waals surface area contributed by atoms with Gasteiger partial charge in [-0.1, -0.05) is 48.5 Å². The van der Waals surface area contributed by atoms with Crippen molar-refractivity contribution in [3.63, 3.8) is 0 Å². The van der Waals surface area contributed by atoms with Gasteiger partial charge in [0.25, 0.3) is 5.91 Å². The van der Waals surface area contributed by atoms with Crippen LogP contribution in [0.1, 0.15) is 29.8 Å². The Balaban J connectivity index is 1.70. The van der Waals surface area contributed by atoms with Gasteiger partial charge in [-0.25, -0.2) is 0 Å². The number of carbonyl (C=O) groups excluding carboxylic acids is 2. The van der Waals surface area contributed by atoms with Crippen LogP contribution in [0.3, 0.4) is 0 Å². The Hall–Kier alpha value is -3.14. The lowest BCUT2D eigenvalue weighted by atomic mass is 10.0. The molecule has 0 aromatic heterocycles. The van der Waals surface area contributed by atoms with E-state index >= 15 is 0 Å². The Kier molecular flexibility index (Phi) is 5.87. The molecule has 2 amide bonds. The van der Waals surface area contributed by atoms with Crippen LogP contribution in [0.2, 0.25) is 0 Å². The van der Waals surface area contributed by atoms with E-state index in [0.29, 0.717) is 30.8 Å². The van der Waals surface area contributed by atoms with Crippen molar-refractivity contribution in [2.24, 2.45) is 0 Å². The molecule has 0 fully saturated rings. The minimum Gasteiger partial charge on any atom is -0.339 e. The van der Waals surface area contributed by atoms with E-state index in [-0.39, 0.29) is 11.8 Å². The molecule has 0 aliphatic rings. The lowest BCUT2D eigenvalue weighted by molar-refractivity contribution is -0.115. The van der Waals surface area contributed by atoms with E-state index in [1.165, 1.54) is 0 Å². The Labute approximate surface area is 159 Å². The van der Waals surface area contributed by atoms with Crippen LogP contribution in [0.4, 0.5) is 5.69 Å². The van der Waals surface area contributed by atoms with Crippen LogP contribution in [0.5, 0.6) is 0 Å². The highest BCUT2D eigenvalue weighted by atomic mass is 16.2. The molecule has 0 radical (unpaired) electrons. The van der Waals surface area contributed by atoms with Gasteiger partial charge in [0.15, 0.2) is 0 Å². The van der Waals surface area contributed by atoms with Crippen LogP contribution >= 0.6 is 0 Å². The molecule has 0 atom stereocenters. The Morgan fingerprint density at radius 1 is 0.852 bits per heavy atom. The van der Waals surface area contributed by atoms with Crippen molar-refractivity contribution in [3.8, 4) is 0 Å². The summed E-state index contributed by atoms with van der Waals surface area (Å²) in [5.41, 5.74) is 2.18. The summed E-state index contributed by atoms with van der Waals surface area (Å²) in [5, 5.41) is 5.18. The van der Waals surface area contributed by atoms with Crippen LogP contribution in [-0.2, 0) is 11.2 Å². The van der Waals surface area contributed by atoms with E-state index in [2.05, 4.69) is 11.4 Å². The lowest BCUT2D eigenvalue weighted by Crippen LogP contribution is -2.30. The Bertz CT molecular complexity index is 961. The number of hydrogen-bond donors (Lipinski definition) is 1. The summed E-state index contributed by atoms with van der Waals surface area (Å²) >= 11 is 0. The Morgan fingerprint density at radius 3 is 2.33 bits per heavy atom. The first-order chi connectivity index (χ1) is 13.1.